The van der Waals surface area contributed by atoms with Gasteiger partial charge >= 0.3 is 5.97 Å². The zero-order valence-electron chi connectivity index (χ0n) is 12.9. The van der Waals surface area contributed by atoms with Crippen molar-refractivity contribution in [3.05, 3.63) is 64.1 Å². The molecule has 0 radical (unpaired) electrons. The molecule has 0 bridgehead atoms. The first kappa shape index (κ1) is 17.7. The van der Waals surface area contributed by atoms with Gasteiger partial charge in [0, 0.05) is 0 Å². The monoisotopic (exact) mass is 390 g/mol. The molecule has 0 aromatic heterocycles. The van der Waals surface area contributed by atoms with Crippen molar-refractivity contribution in [3.8, 4) is 5.75 Å². The number of hydrogen-bond acceptors (Lipinski definition) is 5. The fourth-order valence-electron chi connectivity index (χ4n) is 1.74. The second kappa shape index (κ2) is 8.83. The Labute approximate surface area is 147 Å². The van der Waals surface area contributed by atoms with Crippen molar-refractivity contribution in [3.63, 3.8) is 0 Å². The van der Waals surface area contributed by atoms with Gasteiger partial charge in [-0.15, -0.1) is 0 Å². The number of nitrogens with zero attached hydrogens (tertiary/aromatic N) is 1. The van der Waals surface area contributed by atoms with E-state index in [-0.39, 0.29) is 12.5 Å². The van der Waals surface area contributed by atoms with Crippen LogP contribution in [-0.2, 0) is 9.53 Å². The largest absolute Gasteiger partial charge is 0.483 e. The number of para-hydroxylation sites is 1. The topological polar surface area (TPSA) is 77.0 Å². The average Bonchev–Trinajstić information content (AvgIpc) is 2.61. The number of carbonyl (C=O) groups excluding carboxylic acids is 2. The van der Waals surface area contributed by atoms with Crippen LogP contribution in [0, 0.1) is 0 Å². The van der Waals surface area contributed by atoms with E-state index >= 15 is 0 Å². The number of hydrogen-bond donors (Lipinski definition) is 1. The Hall–Kier alpha value is -2.67. The van der Waals surface area contributed by atoms with Crippen LogP contribution in [0.1, 0.15) is 15.9 Å². The van der Waals surface area contributed by atoms with Crippen molar-refractivity contribution in [2.24, 2.45) is 5.10 Å². The molecule has 0 unspecified atom stereocenters. The van der Waals surface area contributed by atoms with Crippen LogP contribution in [0.5, 0.6) is 5.75 Å². The minimum atomic E-state index is -0.406. The number of rotatable bonds is 6. The Balaban J connectivity index is 1.82. The predicted octanol–water partition coefficient (Wildman–Crippen LogP) is 2.76. The molecule has 24 heavy (non-hydrogen) atoms. The van der Waals surface area contributed by atoms with E-state index in [4.69, 9.17) is 4.74 Å². The minimum Gasteiger partial charge on any atom is -0.483 e. The summed E-state index contributed by atoms with van der Waals surface area (Å²) in [7, 11) is 1.32. The van der Waals surface area contributed by atoms with E-state index in [0.717, 1.165) is 10.0 Å². The third kappa shape index (κ3) is 5.20. The van der Waals surface area contributed by atoms with Crippen molar-refractivity contribution < 1.29 is 19.1 Å². The molecular weight excluding hydrogens is 376 g/mol. The number of ether oxygens (including phenoxy) is 2. The summed E-state index contributed by atoms with van der Waals surface area (Å²) in [6.45, 7) is -0.152. The lowest BCUT2D eigenvalue weighted by atomic mass is 10.1. The number of methoxy groups -OCH3 is 1. The van der Waals surface area contributed by atoms with E-state index in [1.165, 1.54) is 13.3 Å². The van der Waals surface area contributed by atoms with E-state index in [1.807, 2.05) is 18.2 Å². The van der Waals surface area contributed by atoms with Gasteiger partial charge in [0.05, 0.1) is 23.4 Å². The molecular formula is C17H15BrN2O4. The van der Waals surface area contributed by atoms with Crippen LogP contribution < -0.4 is 10.2 Å². The minimum absolute atomic E-state index is 0.152. The summed E-state index contributed by atoms with van der Waals surface area (Å²) in [4.78, 5) is 23.0. The molecule has 0 saturated heterocycles. The number of carbonyl (C=O) groups is 2. The van der Waals surface area contributed by atoms with Crippen LogP contribution in [0.4, 0.5) is 0 Å². The van der Waals surface area contributed by atoms with Gasteiger partial charge in [-0.2, -0.15) is 5.10 Å². The zero-order chi connectivity index (χ0) is 17.4. The van der Waals surface area contributed by atoms with Gasteiger partial charge in [-0.1, -0.05) is 24.3 Å². The van der Waals surface area contributed by atoms with Gasteiger partial charge in [-0.25, -0.2) is 10.2 Å². The third-order valence-electron chi connectivity index (χ3n) is 2.93. The standard InChI is InChI=1S/C17H15BrN2O4/c1-23-17(22)13-8-6-12(7-9-13)10-19-20-16(21)11-24-15-5-3-2-4-14(15)18/h2-10H,11H2,1H3,(H,20,21). The Kier molecular flexibility index (Phi) is 6.51. The van der Waals surface area contributed by atoms with Crippen LogP contribution >= 0.6 is 15.9 Å². The SMILES string of the molecule is COC(=O)c1ccc(C=NNC(=O)COc2ccccc2Br)cc1. The number of hydrazone groups is 1. The van der Waals surface area contributed by atoms with Crippen molar-refractivity contribution in [2.75, 3.05) is 13.7 Å². The van der Waals surface area contributed by atoms with Crippen molar-refractivity contribution >= 4 is 34.0 Å². The molecule has 0 spiro atoms. The molecule has 6 nitrogen and oxygen atoms in total. The molecule has 0 aliphatic heterocycles. The summed E-state index contributed by atoms with van der Waals surface area (Å²) < 4.78 is 10.8. The van der Waals surface area contributed by atoms with E-state index in [9.17, 15) is 9.59 Å². The molecule has 1 N–H and O–H groups in total. The first-order valence-corrected chi connectivity index (χ1v) is 7.77. The molecule has 2 aromatic rings. The molecule has 0 aliphatic carbocycles. The van der Waals surface area contributed by atoms with Gasteiger partial charge in [0.25, 0.3) is 5.91 Å². The molecule has 7 heteroatoms. The van der Waals surface area contributed by atoms with E-state index in [2.05, 4.69) is 31.2 Å². The quantitative estimate of drug-likeness (QED) is 0.467. The highest BCUT2D eigenvalue weighted by atomic mass is 79.9. The molecule has 0 atom stereocenters. The van der Waals surface area contributed by atoms with Gasteiger partial charge < -0.3 is 9.47 Å². The Bertz CT molecular complexity index is 745. The number of amides is 1. The van der Waals surface area contributed by atoms with E-state index < -0.39 is 5.97 Å². The molecule has 0 fully saturated rings. The smallest absolute Gasteiger partial charge is 0.337 e. The normalized spacial score (nSPS) is 10.4. The lowest BCUT2D eigenvalue weighted by Gasteiger charge is -2.06. The molecule has 2 rings (SSSR count). The van der Waals surface area contributed by atoms with Gasteiger partial charge in [-0.05, 0) is 45.8 Å². The highest BCUT2D eigenvalue weighted by Crippen LogP contribution is 2.23. The first-order valence-electron chi connectivity index (χ1n) is 6.98. The average molecular weight is 391 g/mol. The summed E-state index contributed by atoms with van der Waals surface area (Å²) in [6.07, 6.45) is 1.47. The molecule has 0 heterocycles. The third-order valence-corrected chi connectivity index (χ3v) is 3.59. The summed E-state index contributed by atoms with van der Waals surface area (Å²) in [5.74, 6) is -0.209. The fourth-order valence-corrected chi connectivity index (χ4v) is 2.14. The summed E-state index contributed by atoms with van der Waals surface area (Å²) in [5.41, 5.74) is 3.54. The van der Waals surface area contributed by atoms with Crippen molar-refractivity contribution in [2.45, 2.75) is 0 Å². The second-order valence-electron chi connectivity index (χ2n) is 4.63. The Morgan fingerprint density at radius 3 is 2.54 bits per heavy atom. The zero-order valence-corrected chi connectivity index (χ0v) is 14.4. The Morgan fingerprint density at radius 1 is 1.17 bits per heavy atom. The maximum Gasteiger partial charge on any atom is 0.337 e. The van der Waals surface area contributed by atoms with Crippen molar-refractivity contribution in [1.29, 1.82) is 0 Å². The maximum atomic E-state index is 11.7. The number of benzene rings is 2. The van der Waals surface area contributed by atoms with Crippen LogP contribution in [-0.4, -0.2) is 31.8 Å². The lowest BCUT2D eigenvalue weighted by Crippen LogP contribution is -2.24. The number of esters is 1. The molecule has 1 amide bonds. The van der Waals surface area contributed by atoms with Gasteiger partial charge in [-0.3, -0.25) is 4.79 Å². The van der Waals surface area contributed by atoms with Gasteiger partial charge in [0.2, 0.25) is 0 Å². The summed E-state index contributed by atoms with van der Waals surface area (Å²) in [6, 6.07) is 13.9. The summed E-state index contributed by atoms with van der Waals surface area (Å²) in [5, 5.41) is 3.84. The fraction of sp³-hybridized carbons (Fsp3) is 0.118. The highest BCUT2D eigenvalue weighted by molar-refractivity contribution is 9.10. The number of nitrogens with one attached hydrogen (secondary N) is 1. The Morgan fingerprint density at radius 2 is 1.88 bits per heavy atom. The van der Waals surface area contributed by atoms with Crippen LogP contribution in [0.2, 0.25) is 0 Å². The summed E-state index contributed by atoms with van der Waals surface area (Å²) >= 11 is 3.33. The maximum absolute atomic E-state index is 11.7. The highest BCUT2D eigenvalue weighted by Gasteiger charge is 2.05. The van der Waals surface area contributed by atoms with Crippen LogP contribution in [0.3, 0.4) is 0 Å². The van der Waals surface area contributed by atoms with Crippen LogP contribution in [0.25, 0.3) is 0 Å². The predicted molar refractivity (Wildman–Crippen MR) is 93.2 cm³/mol. The van der Waals surface area contributed by atoms with Crippen LogP contribution in [0.15, 0.2) is 58.1 Å². The molecule has 0 aliphatic rings. The van der Waals surface area contributed by atoms with Crippen molar-refractivity contribution in [1.82, 2.24) is 5.43 Å². The van der Waals surface area contributed by atoms with E-state index in [0.29, 0.717) is 11.3 Å². The molecule has 0 saturated carbocycles. The van der Waals surface area contributed by atoms with Gasteiger partial charge in [0.15, 0.2) is 6.61 Å². The molecule has 124 valence electrons. The molecule has 2 aromatic carbocycles. The number of halogens is 1. The van der Waals surface area contributed by atoms with E-state index in [1.54, 1.807) is 30.3 Å². The first-order chi connectivity index (χ1) is 11.6. The lowest BCUT2D eigenvalue weighted by molar-refractivity contribution is -0.123. The van der Waals surface area contributed by atoms with Gasteiger partial charge in [0.1, 0.15) is 5.75 Å². The second-order valence-corrected chi connectivity index (χ2v) is 5.48.